The molecule has 0 saturated carbocycles. The quantitative estimate of drug-likeness (QED) is 0.452. The van der Waals surface area contributed by atoms with Gasteiger partial charge >= 0.3 is 18.4 Å². The van der Waals surface area contributed by atoms with E-state index in [2.05, 4.69) is 4.72 Å². The van der Waals surface area contributed by atoms with E-state index in [1.807, 2.05) is 5.32 Å². The Bertz CT molecular complexity index is 855. The third-order valence-corrected chi connectivity index (χ3v) is 4.13. The molecule has 0 radical (unpaired) electrons. The van der Waals surface area contributed by atoms with Crippen LogP contribution in [0.5, 0.6) is 0 Å². The molecule has 0 spiro atoms. The number of alkyl halides is 6. The van der Waals surface area contributed by atoms with Crippen LogP contribution in [0.25, 0.3) is 0 Å². The van der Waals surface area contributed by atoms with E-state index in [0.717, 1.165) is 0 Å². The summed E-state index contributed by atoms with van der Waals surface area (Å²) in [7, 11) is 0. The molecular formula is C16H14F6N2O3S. The first-order chi connectivity index (χ1) is 12.7. The highest BCUT2D eigenvalue weighted by Crippen LogP contribution is 2.39. The van der Waals surface area contributed by atoms with Gasteiger partial charge in [0.05, 0.1) is 28.7 Å². The van der Waals surface area contributed by atoms with Crippen LogP contribution >= 0.6 is 11.9 Å². The Balaban J connectivity index is 2.12. The summed E-state index contributed by atoms with van der Waals surface area (Å²) < 4.78 is 84.3. The number of carbonyl (C=O) groups excluding carboxylic acids is 1. The monoisotopic (exact) mass is 428 g/mol. The zero-order valence-corrected chi connectivity index (χ0v) is 15.1. The maximum Gasteiger partial charge on any atom is 0.418 e. The third-order valence-electron chi connectivity index (χ3n) is 3.43. The zero-order chi connectivity index (χ0) is 21.3. The number of urea groups is 1. The number of aliphatic hydroxyl groups is 1. The molecule has 12 heteroatoms. The number of hydrogen-bond acceptors (Lipinski definition) is 4. The van der Waals surface area contributed by atoms with Crippen LogP contribution in [-0.2, 0) is 18.0 Å². The first-order valence-corrected chi connectivity index (χ1v) is 8.33. The Kier molecular flexibility index (Phi) is 5.95. The van der Waals surface area contributed by atoms with Crippen LogP contribution in [0.15, 0.2) is 40.0 Å². The number of anilines is 1. The van der Waals surface area contributed by atoms with Crippen LogP contribution in [0.1, 0.15) is 30.5 Å². The van der Waals surface area contributed by atoms with E-state index in [4.69, 9.17) is 4.42 Å². The van der Waals surface area contributed by atoms with Crippen molar-refractivity contribution in [3.05, 3.63) is 47.2 Å². The maximum absolute atomic E-state index is 13.0. The number of carbonyl (C=O) groups is 1. The number of rotatable bonds is 4. The first-order valence-electron chi connectivity index (χ1n) is 7.51. The van der Waals surface area contributed by atoms with E-state index >= 15 is 0 Å². The fraction of sp³-hybridized carbons (Fsp3) is 0.312. The van der Waals surface area contributed by atoms with Crippen molar-refractivity contribution in [2.45, 2.75) is 36.9 Å². The number of benzene rings is 1. The molecule has 154 valence electrons. The van der Waals surface area contributed by atoms with Crippen LogP contribution in [0.2, 0.25) is 0 Å². The maximum atomic E-state index is 13.0. The summed E-state index contributed by atoms with van der Waals surface area (Å²) in [5, 5.41) is 11.8. The minimum atomic E-state index is -5.11. The lowest BCUT2D eigenvalue weighted by Crippen LogP contribution is -2.25. The Morgan fingerprint density at radius 1 is 1.04 bits per heavy atom. The summed E-state index contributed by atoms with van der Waals surface area (Å²) in [4.78, 5) is 11.8. The molecule has 1 aromatic carbocycles. The van der Waals surface area contributed by atoms with Gasteiger partial charge in [-0.3, -0.25) is 4.72 Å². The minimum Gasteiger partial charge on any atom is -0.456 e. The van der Waals surface area contributed by atoms with Gasteiger partial charge in [-0.15, -0.1) is 0 Å². The first kappa shape index (κ1) is 22.0. The van der Waals surface area contributed by atoms with Crippen LogP contribution in [0, 0.1) is 0 Å². The van der Waals surface area contributed by atoms with Gasteiger partial charge in [-0.2, -0.15) is 26.3 Å². The molecule has 0 aliphatic carbocycles. The molecule has 0 atom stereocenters. The molecule has 1 heterocycles. The third kappa shape index (κ3) is 5.58. The van der Waals surface area contributed by atoms with Crippen molar-refractivity contribution in [3.63, 3.8) is 0 Å². The lowest BCUT2D eigenvalue weighted by molar-refractivity contribution is -0.142. The fourth-order valence-corrected chi connectivity index (χ4v) is 2.53. The van der Waals surface area contributed by atoms with Gasteiger partial charge < -0.3 is 14.8 Å². The van der Waals surface area contributed by atoms with Gasteiger partial charge in [0.25, 0.3) is 0 Å². The summed E-state index contributed by atoms with van der Waals surface area (Å²) in [6.45, 7) is 2.99. The van der Waals surface area contributed by atoms with Crippen molar-refractivity contribution >= 4 is 23.7 Å². The number of nitrogens with one attached hydrogen (secondary N) is 2. The Morgan fingerprint density at radius 3 is 2.18 bits per heavy atom. The molecule has 0 aliphatic rings. The van der Waals surface area contributed by atoms with E-state index in [1.165, 1.54) is 26.2 Å². The number of furan rings is 1. The Hall–Kier alpha value is -2.34. The molecule has 3 N–H and O–H groups in total. The van der Waals surface area contributed by atoms with Crippen molar-refractivity contribution in [1.29, 1.82) is 0 Å². The lowest BCUT2D eigenvalue weighted by atomic mass is 10.0. The van der Waals surface area contributed by atoms with E-state index in [-0.39, 0.29) is 11.2 Å². The molecule has 28 heavy (non-hydrogen) atoms. The van der Waals surface area contributed by atoms with Crippen LogP contribution in [-0.4, -0.2) is 11.1 Å². The van der Waals surface area contributed by atoms with Crippen molar-refractivity contribution in [2.75, 3.05) is 5.32 Å². The molecule has 2 rings (SSSR count). The van der Waals surface area contributed by atoms with Gasteiger partial charge in [-0.1, -0.05) is 0 Å². The summed E-state index contributed by atoms with van der Waals surface area (Å²) in [6, 6.07) is 1.17. The van der Waals surface area contributed by atoms with Crippen molar-refractivity contribution in [1.82, 2.24) is 4.72 Å². The molecule has 0 fully saturated rings. The largest absolute Gasteiger partial charge is 0.456 e. The standard InChI is InChI=1S/C16H14F6N2O3S/c1-14(2,26)9-6-12(27-7-9)28-24-13(25)23-11-4-3-8(15(17,18)19)5-10(11)16(20,21)22/h3-7,26H,1-2H3,(H2,23,24,25). The van der Waals surface area contributed by atoms with Gasteiger partial charge in [0.15, 0.2) is 5.09 Å². The molecule has 5 nitrogen and oxygen atoms in total. The zero-order valence-electron chi connectivity index (χ0n) is 14.3. The van der Waals surface area contributed by atoms with Crippen LogP contribution in [0.4, 0.5) is 36.8 Å². The van der Waals surface area contributed by atoms with Gasteiger partial charge in [-0.05, 0) is 38.1 Å². The number of amides is 2. The molecule has 2 amide bonds. The molecular weight excluding hydrogens is 414 g/mol. The molecule has 1 aromatic heterocycles. The van der Waals surface area contributed by atoms with Crippen LogP contribution < -0.4 is 10.0 Å². The van der Waals surface area contributed by atoms with Crippen molar-refractivity contribution in [3.8, 4) is 0 Å². The predicted octanol–water partition coefficient (Wildman–Crippen LogP) is 5.37. The number of hydrogen-bond donors (Lipinski definition) is 3. The van der Waals surface area contributed by atoms with Gasteiger partial charge in [-0.25, -0.2) is 4.79 Å². The van der Waals surface area contributed by atoms with Gasteiger partial charge in [0.2, 0.25) is 0 Å². The van der Waals surface area contributed by atoms with Crippen LogP contribution in [0.3, 0.4) is 0 Å². The second-order valence-electron chi connectivity index (χ2n) is 6.13. The lowest BCUT2D eigenvalue weighted by Gasteiger charge is -2.16. The second kappa shape index (κ2) is 7.59. The second-order valence-corrected chi connectivity index (χ2v) is 6.94. The van der Waals surface area contributed by atoms with Gasteiger partial charge in [0.1, 0.15) is 0 Å². The summed E-state index contributed by atoms with van der Waals surface area (Å²) in [5.74, 6) is 0. The summed E-state index contributed by atoms with van der Waals surface area (Å²) >= 11 is 0.604. The Morgan fingerprint density at radius 2 is 1.68 bits per heavy atom. The summed E-state index contributed by atoms with van der Waals surface area (Å²) in [5.41, 5.74) is -4.76. The SMILES string of the molecule is CC(C)(O)c1coc(SNC(=O)Nc2ccc(C(F)(F)F)cc2C(F)(F)F)c1. The highest BCUT2D eigenvalue weighted by molar-refractivity contribution is 7.97. The molecule has 2 aromatic rings. The van der Waals surface area contributed by atoms with Crippen molar-refractivity contribution < 1.29 is 40.7 Å². The number of halogens is 6. The van der Waals surface area contributed by atoms with Gasteiger partial charge in [0, 0.05) is 17.5 Å². The minimum absolute atomic E-state index is 0.0785. The Labute approximate surface area is 159 Å². The highest BCUT2D eigenvalue weighted by atomic mass is 32.2. The molecule has 0 saturated heterocycles. The fourth-order valence-electron chi connectivity index (χ4n) is 2.00. The summed E-state index contributed by atoms with van der Waals surface area (Å²) in [6.07, 6.45) is -8.84. The topological polar surface area (TPSA) is 74.5 Å². The van der Waals surface area contributed by atoms with Crippen molar-refractivity contribution in [2.24, 2.45) is 0 Å². The normalized spacial score (nSPS) is 12.8. The molecule has 0 bridgehead atoms. The predicted molar refractivity (Wildman–Crippen MR) is 88.4 cm³/mol. The molecule has 0 aliphatic heterocycles. The van der Waals surface area contributed by atoms with E-state index < -0.39 is 40.8 Å². The average Bonchev–Trinajstić information content (AvgIpc) is 3.00. The van der Waals surface area contributed by atoms with E-state index in [9.17, 15) is 36.2 Å². The van der Waals surface area contributed by atoms with E-state index in [1.54, 1.807) is 0 Å². The average molecular weight is 428 g/mol. The van der Waals surface area contributed by atoms with E-state index in [0.29, 0.717) is 29.6 Å². The highest BCUT2D eigenvalue weighted by Gasteiger charge is 2.38. The molecule has 0 unspecified atom stereocenters. The smallest absolute Gasteiger partial charge is 0.418 e.